The molecule has 2 heterocycles. The number of hydrogen-bond donors (Lipinski definition) is 3. The van der Waals surface area contributed by atoms with E-state index in [1.54, 1.807) is 12.4 Å². The second-order valence-electron chi connectivity index (χ2n) is 5.76. The van der Waals surface area contributed by atoms with E-state index in [1.165, 1.54) is 18.2 Å². The average molecular weight is 330 g/mol. The number of benzene rings is 2. The van der Waals surface area contributed by atoms with Crippen molar-refractivity contribution in [2.45, 2.75) is 0 Å². The Bertz CT molecular complexity index is 1060. The monoisotopic (exact) mass is 330 g/mol. The fourth-order valence-electron chi connectivity index (χ4n) is 2.86. The highest BCUT2D eigenvalue weighted by atomic mass is 16.3. The number of aromatic hydroxyl groups is 2. The number of carbonyl (C=O) groups excluding carboxylic acids is 1. The minimum atomic E-state index is -0.301. The van der Waals surface area contributed by atoms with Gasteiger partial charge in [-0.15, -0.1) is 0 Å². The van der Waals surface area contributed by atoms with E-state index in [-0.39, 0.29) is 22.8 Å². The van der Waals surface area contributed by atoms with Crippen molar-refractivity contribution in [3.8, 4) is 22.6 Å². The smallest absolute Gasteiger partial charge is 0.195 e. The number of carbonyl (C=O) groups is 1. The van der Waals surface area contributed by atoms with Crippen molar-refractivity contribution in [2.24, 2.45) is 0 Å². The summed E-state index contributed by atoms with van der Waals surface area (Å²) in [6.45, 7) is 0. The van der Waals surface area contributed by atoms with Gasteiger partial charge in [0.15, 0.2) is 5.78 Å². The van der Waals surface area contributed by atoms with Crippen LogP contribution in [0, 0.1) is 0 Å². The lowest BCUT2D eigenvalue weighted by molar-refractivity contribution is 0.103. The highest BCUT2D eigenvalue weighted by Gasteiger charge is 2.17. The van der Waals surface area contributed by atoms with Crippen molar-refractivity contribution >= 4 is 16.8 Å². The molecule has 0 bridgehead atoms. The maximum atomic E-state index is 12.8. The molecule has 122 valence electrons. The summed E-state index contributed by atoms with van der Waals surface area (Å²) in [6.07, 6.45) is 3.35. The van der Waals surface area contributed by atoms with Crippen LogP contribution in [0.4, 0.5) is 0 Å². The Hall–Kier alpha value is -3.60. The number of rotatable bonds is 3. The van der Waals surface area contributed by atoms with Gasteiger partial charge in [-0.05, 0) is 23.8 Å². The lowest BCUT2D eigenvalue weighted by Crippen LogP contribution is -2.00. The summed E-state index contributed by atoms with van der Waals surface area (Å²) in [5, 5.41) is 19.9. The number of aromatic nitrogens is 2. The maximum absolute atomic E-state index is 12.8. The van der Waals surface area contributed by atoms with Gasteiger partial charge in [-0.2, -0.15) is 0 Å². The number of phenols is 2. The number of nitrogens with zero attached hydrogens (tertiary/aromatic N) is 1. The third-order valence-electron chi connectivity index (χ3n) is 4.05. The molecule has 2 aromatic heterocycles. The summed E-state index contributed by atoms with van der Waals surface area (Å²) < 4.78 is 0. The van der Waals surface area contributed by atoms with Crippen molar-refractivity contribution in [2.75, 3.05) is 0 Å². The van der Waals surface area contributed by atoms with Crippen LogP contribution >= 0.6 is 0 Å². The highest BCUT2D eigenvalue weighted by Crippen LogP contribution is 2.28. The van der Waals surface area contributed by atoms with E-state index in [9.17, 15) is 15.0 Å². The molecule has 0 atom stereocenters. The number of fused-ring (bicyclic) bond motifs is 1. The van der Waals surface area contributed by atoms with Crippen LogP contribution in [0.1, 0.15) is 15.9 Å². The van der Waals surface area contributed by atoms with Crippen LogP contribution in [0.5, 0.6) is 11.5 Å². The molecule has 4 rings (SSSR count). The molecular weight excluding hydrogens is 316 g/mol. The van der Waals surface area contributed by atoms with E-state index in [0.29, 0.717) is 16.6 Å². The highest BCUT2D eigenvalue weighted by molar-refractivity contribution is 6.16. The SMILES string of the molecule is O=C(c1cc(O)cc(O)c1)c1c[nH]c2ncc(-c3ccccc3)cc12. The molecule has 5 heteroatoms. The van der Waals surface area contributed by atoms with Gasteiger partial charge in [0.25, 0.3) is 0 Å². The molecule has 0 saturated carbocycles. The number of hydrogen-bond acceptors (Lipinski definition) is 4. The predicted molar refractivity (Wildman–Crippen MR) is 94.7 cm³/mol. The predicted octanol–water partition coefficient (Wildman–Crippen LogP) is 3.87. The zero-order valence-corrected chi connectivity index (χ0v) is 13.1. The summed E-state index contributed by atoms with van der Waals surface area (Å²) in [4.78, 5) is 20.2. The molecule has 0 unspecified atom stereocenters. The molecular formula is C20H14N2O3. The molecule has 0 aliphatic rings. The first kappa shape index (κ1) is 15.0. The molecule has 2 aromatic carbocycles. The van der Waals surface area contributed by atoms with E-state index in [0.717, 1.165) is 11.1 Å². The maximum Gasteiger partial charge on any atom is 0.195 e. The van der Waals surface area contributed by atoms with Gasteiger partial charge in [0.1, 0.15) is 17.1 Å². The van der Waals surface area contributed by atoms with Gasteiger partial charge in [0.2, 0.25) is 0 Å². The number of pyridine rings is 1. The lowest BCUT2D eigenvalue weighted by atomic mass is 10.0. The van der Waals surface area contributed by atoms with Gasteiger partial charge in [0, 0.05) is 40.5 Å². The Balaban J connectivity index is 1.83. The van der Waals surface area contributed by atoms with Crippen molar-refractivity contribution in [3.05, 3.63) is 78.1 Å². The van der Waals surface area contributed by atoms with Crippen molar-refractivity contribution < 1.29 is 15.0 Å². The van der Waals surface area contributed by atoms with Crippen LogP contribution in [0.25, 0.3) is 22.2 Å². The van der Waals surface area contributed by atoms with Gasteiger partial charge in [-0.25, -0.2) is 4.98 Å². The topological polar surface area (TPSA) is 86.2 Å². The van der Waals surface area contributed by atoms with Gasteiger partial charge in [-0.1, -0.05) is 30.3 Å². The summed E-state index contributed by atoms with van der Waals surface area (Å²) in [6, 6.07) is 15.5. The summed E-state index contributed by atoms with van der Waals surface area (Å²) in [7, 11) is 0. The quantitative estimate of drug-likeness (QED) is 0.498. The first-order valence-corrected chi connectivity index (χ1v) is 7.72. The van der Waals surface area contributed by atoms with E-state index in [1.807, 2.05) is 36.4 Å². The molecule has 5 nitrogen and oxygen atoms in total. The number of ketones is 1. The van der Waals surface area contributed by atoms with Crippen LogP contribution < -0.4 is 0 Å². The lowest BCUT2D eigenvalue weighted by Gasteiger charge is -2.04. The van der Waals surface area contributed by atoms with Crippen LogP contribution in [0.2, 0.25) is 0 Å². The molecule has 0 radical (unpaired) electrons. The van der Waals surface area contributed by atoms with Gasteiger partial charge in [0.05, 0.1) is 0 Å². The van der Waals surface area contributed by atoms with E-state index >= 15 is 0 Å². The van der Waals surface area contributed by atoms with Crippen LogP contribution in [0.3, 0.4) is 0 Å². The van der Waals surface area contributed by atoms with E-state index in [2.05, 4.69) is 9.97 Å². The van der Waals surface area contributed by atoms with Gasteiger partial charge in [-0.3, -0.25) is 4.79 Å². The Morgan fingerprint density at radius 2 is 1.64 bits per heavy atom. The van der Waals surface area contributed by atoms with Crippen molar-refractivity contribution in [1.29, 1.82) is 0 Å². The molecule has 0 aliphatic carbocycles. The second-order valence-corrected chi connectivity index (χ2v) is 5.76. The molecule has 4 aromatic rings. The summed E-state index contributed by atoms with van der Waals surface area (Å²) in [5.74, 6) is -0.623. The molecule has 0 amide bonds. The van der Waals surface area contributed by atoms with E-state index < -0.39 is 0 Å². The zero-order valence-electron chi connectivity index (χ0n) is 13.1. The minimum Gasteiger partial charge on any atom is -0.508 e. The fourth-order valence-corrected chi connectivity index (χ4v) is 2.86. The zero-order chi connectivity index (χ0) is 17.4. The summed E-state index contributed by atoms with van der Waals surface area (Å²) in [5.41, 5.74) is 3.16. The third kappa shape index (κ3) is 2.72. The normalized spacial score (nSPS) is 10.9. The van der Waals surface area contributed by atoms with Crippen LogP contribution in [0.15, 0.2) is 67.0 Å². The molecule has 0 spiro atoms. The first-order chi connectivity index (χ1) is 12.1. The minimum absolute atomic E-state index is 0.161. The molecule has 3 N–H and O–H groups in total. The molecule has 0 fully saturated rings. The van der Waals surface area contributed by atoms with Gasteiger partial charge >= 0.3 is 0 Å². The second kappa shape index (κ2) is 5.79. The molecule has 0 saturated heterocycles. The van der Waals surface area contributed by atoms with Crippen molar-refractivity contribution in [1.82, 2.24) is 9.97 Å². The average Bonchev–Trinajstić information content (AvgIpc) is 3.04. The largest absolute Gasteiger partial charge is 0.508 e. The third-order valence-corrected chi connectivity index (χ3v) is 4.05. The Morgan fingerprint density at radius 1 is 0.920 bits per heavy atom. The number of aromatic amines is 1. The van der Waals surface area contributed by atoms with Crippen LogP contribution in [-0.4, -0.2) is 26.0 Å². The number of phenolic OH excluding ortho intramolecular Hbond substituents is 2. The van der Waals surface area contributed by atoms with E-state index in [4.69, 9.17) is 0 Å². The first-order valence-electron chi connectivity index (χ1n) is 7.72. The van der Waals surface area contributed by atoms with Crippen LogP contribution in [-0.2, 0) is 0 Å². The standard InChI is InChI=1S/C20H14N2O3/c23-15-6-13(7-16(24)9-15)19(25)18-11-22-20-17(18)8-14(10-21-20)12-4-2-1-3-5-12/h1-11,23-24H,(H,21,22). The van der Waals surface area contributed by atoms with Gasteiger partial charge < -0.3 is 15.2 Å². The summed E-state index contributed by atoms with van der Waals surface area (Å²) >= 11 is 0. The Morgan fingerprint density at radius 3 is 2.36 bits per heavy atom. The Kier molecular flexibility index (Phi) is 3.47. The van der Waals surface area contributed by atoms with Crippen molar-refractivity contribution in [3.63, 3.8) is 0 Å². The number of nitrogens with one attached hydrogen (secondary N) is 1. The molecule has 0 aliphatic heterocycles. The fraction of sp³-hybridized carbons (Fsp3) is 0. The molecule has 25 heavy (non-hydrogen) atoms. The number of H-pyrrole nitrogens is 1. The Labute approximate surface area is 143 Å².